The molecule has 4 rings (SSSR count). The molecule has 4 aromatic rings. The van der Waals surface area contributed by atoms with Crippen LogP contribution in [0.15, 0.2) is 67.1 Å². The minimum absolute atomic E-state index is 0.316. The minimum atomic E-state index is -1.58. The third-order valence-corrected chi connectivity index (χ3v) is 4.06. The topological polar surface area (TPSA) is 56.2 Å². The predicted octanol–water partition coefficient (Wildman–Crippen LogP) is 4.13. The first kappa shape index (κ1) is 15.4. The second-order valence-corrected chi connectivity index (χ2v) is 5.66. The molecule has 0 saturated carbocycles. The van der Waals surface area contributed by atoms with Crippen molar-refractivity contribution in [3.05, 3.63) is 78.5 Å². The second kappa shape index (κ2) is 6.07. The highest BCUT2D eigenvalue weighted by Crippen LogP contribution is 2.35. The zero-order valence-electron chi connectivity index (χ0n) is 13.1. The molecular formula is C19H14F2N4. The number of aromatic nitrogens is 3. The molecular weight excluding hydrogens is 322 g/mol. The van der Waals surface area contributed by atoms with Crippen molar-refractivity contribution in [3.63, 3.8) is 0 Å². The van der Waals surface area contributed by atoms with Crippen LogP contribution in [0.4, 0.5) is 8.78 Å². The third kappa shape index (κ3) is 2.77. The van der Waals surface area contributed by atoms with E-state index in [-0.39, 0.29) is 5.82 Å². The average molecular weight is 336 g/mol. The predicted molar refractivity (Wildman–Crippen MR) is 91.9 cm³/mol. The number of halogens is 2. The number of benzene rings is 1. The Balaban J connectivity index is 2.01. The molecule has 0 aliphatic rings. The molecule has 124 valence electrons. The lowest BCUT2D eigenvalue weighted by atomic mass is 10.0. The van der Waals surface area contributed by atoms with E-state index < -0.39 is 6.30 Å². The molecule has 0 aliphatic carbocycles. The Morgan fingerprint density at radius 2 is 1.64 bits per heavy atom. The molecule has 1 atom stereocenters. The number of nitrogens with two attached hydrogens (primary N) is 1. The van der Waals surface area contributed by atoms with E-state index in [2.05, 4.69) is 10.1 Å². The Bertz CT molecular complexity index is 1020. The number of alkyl halides is 1. The van der Waals surface area contributed by atoms with Gasteiger partial charge in [0.05, 0.1) is 5.52 Å². The van der Waals surface area contributed by atoms with Crippen LogP contribution in [0.1, 0.15) is 11.9 Å². The van der Waals surface area contributed by atoms with Crippen molar-refractivity contribution in [2.24, 2.45) is 5.73 Å². The SMILES string of the molecule is N[C@H](F)c1ccc2c(-c3ccncc3)c(-c3ccc(F)cc3)nn2c1. The smallest absolute Gasteiger partial charge is 0.175 e. The molecule has 0 aliphatic heterocycles. The van der Waals surface area contributed by atoms with Gasteiger partial charge in [-0.05, 0) is 48.0 Å². The van der Waals surface area contributed by atoms with Crippen LogP contribution >= 0.6 is 0 Å². The van der Waals surface area contributed by atoms with Crippen LogP contribution in [-0.4, -0.2) is 14.6 Å². The largest absolute Gasteiger partial charge is 0.298 e. The number of pyridine rings is 2. The molecule has 3 aromatic heterocycles. The fraction of sp³-hybridized carbons (Fsp3) is 0.0526. The normalized spacial score (nSPS) is 12.4. The molecule has 0 amide bonds. The van der Waals surface area contributed by atoms with Crippen molar-refractivity contribution in [3.8, 4) is 22.4 Å². The van der Waals surface area contributed by atoms with Crippen LogP contribution in [0.25, 0.3) is 27.9 Å². The molecule has 4 nitrogen and oxygen atoms in total. The van der Waals surface area contributed by atoms with Crippen LogP contribution in [0.3, 0.4) is 0 Å². The summed E-state index contributed by atoms with van der Waals surface area (Å²) < 4.78 is 28.3. The molecule has 0 unspecified atom stereocenters. The van der Waals surface area contributed by atoms with Gasteiger partial charge in [0.15, 0.2) is 6.30 Å². The summed E-state index contributed by atoms with van der Waals surface area (Å²) >= 11 is 0. The summed E-state index contributed by atoms with van der Waals surface area (Å²) in [5.74, 6) is -0.316. The number of fused-ring (bicyclic) bond motifs is 1. The first-order valence-electron chi connectivity index (χ1n) is 7.72. The number of rotatable bonds is 3. The maximum Gasteiger partial charge on any atom is 0.175 e. The molecule has 0 fully saturated rings. The third-order valence-electron chi connectivity index (χ3n) is 4.06. The summed E-state index contributed by atoms with van der Waals surface area (Å²) in [5.41, 5.74) is 9.70. The highest BCUT2D eigenvalue weighted by molar-refractivity contribution is 5.92. The maximum absolute atomic E-state index is 13.4. The van der Waals surface area contributed by atoms with Crippen molar-refractivity contribution in [2.45, 2.75) is 6.30 Å². The van der Waals surface area contributed by atoms with Crippen molar-refractivity contribution >= 4 is 5.52 Å². The molecule has 0 bridgehead atoms. The van der Waals surface area contributed by atoms with E-state index in [1.165, 1.54) is 12.1 Å². The van der Waals surface area contributed by atoms with Gasteiger partial charge in [0.1, 0.15) is 11.5 Å². The van der Waals surface area contributed by atoms with E-state index in [9.17, 15) is 8.78 Å². The summed E-state index contributed by atoms with van der Waals surface area (Å²) in [4.78, 5) is 4.04. The van der Waals surface area contributed by atoms with E-state index in [1.807, 2.05) is 12.1 Å². The number of nitrogens with zero attached hydrogens (tertiary/aromatic N) is 3. The molecule has 2 N–H and O–H groups in total. The standard InChI is InChI=1S/C19H14F2N4/c20-15-4-1-13(2-5-15)18-17(12-7-9-23-10-8-12)16-6-3-14(19(21)22)11-25(16)24-18/h1-11,19H,22H2/t19-/m0/s1. The molecule has 3 heterocycles. The zero-order chi connectivity index (χ0) is 17.4. The van der Waals surface area contributed by atoms with E-state index in [0.29, 0.717) is 11.3 Å². The van der Waals surface area contributed by atoms with Crippen LogP contribution in [0.5, 0.6) is 0 Å². The molecule has 0 spiro atoms. The van der Waals surface area contributed by atoms with Gasteiger partial charge in [0, 0.05) is 35.3 Å². The van der Waals surface area contributed by atoms with Crippen molar-refractivity contribution < 1.29 is 8.78 Å². The lowest BCUT2D eigenvalue weighted by molar-refractivity contribution is 0.354. The minimum Gasteiger partial charge on any atom is -0.298 e. The molecule has 0 saturated heterocycles. The Kier molecular flexibility index (Phi) is 3.74. The lowest BCUT2D eigenvalue weighted by Gasteiger charge is -2.05. The second-order valence-electron chi connectivity index (χ2n) is 5.66. The summed E-state index contributed by atoms with van der Waals surface area (Å²) in [5, 5.41) is 4.58. The highest BCUT2D eigenvalue weighted by atomic mass is 19.1. The first-order valence-corrected chi connectivity index (χ1v) is 7.72. The van der Waals surface area contributed by atoms with Gasteiger partial charge < -0.3 is 0 Å². The van der Waals surface area contributed by atoms with E-state index in [4.69, 9.17) is 5.73 Å². The Hall–Kier alpha value is -3.12. The molecule has 1 aromatic carbocycles. The fourth-order valence-corrected chi connectivity index (χ4v) is 2.84. The van der Waals surface area contributed by atoms with Gasteiger partial charge in [-0.15, -0.1) is 0 Å². The van der Waals surface area contributed by atoms with E-state index in [1.54, 1.807) is 47.4 Å². The van der Waals surface area contributed by atoms with Crippen LogP contribution in [0.2, 0.25) is 0 Å². The Morgan fingerprint density at radius 1 is 0.920 bits per heavy atom. The number of hydrogen-bond donors (Lipinski definition) is 1. The average Bonchev–Trinajstić information content (AvgIpc) is 3.01. The summed E-state index contributed by atoms with van der Waals surface area (Å²) in [6, 6.07) is 13.3. The van der Waals surface area contributed by atoms with Gasteiger partial charge in [0.2, 0.25) is 0 Å². The lowest BCUT2D eigenvalue weighted by Crippen LogP contribution is -2.04. The zero-order valence-corrected chi connectivity index (χ0v) is 13.1. The summed E-state index contributed by atoms with van der Waals surface area (Å²) in [7, 11) is 0. The highest BCUT2D eigenvalue weighted by Gasteiger charge is 2.17. The van der Waals surface area contributed by atoms with Crippen LogP contribution in [-0.2, 0) is 0 Å². The summed E-state index contributed by atoms with van der Waals surface area (Å²) in [6.07, 6.45) is 3.38. The van der Waals surface area contributed by atoms with Gasteiger partial charge in [0.25, 0.3) is 0 Å². The van der Waals surface area contributed by atoms with Crippen molar-refractivity contribution in [1.82, 2.24) is 14.6 Å². The number of hydrogen-bond acceptors (Lipinski definition) is 3. The molecule has 6 heteroatoms. The van der Waals surface area contributed by atoms with Crippen LogP contribution < -0.4 is 5.73 Å². The van der Waals surface area contributed by atoms with E-state index >= 15 is 0 Å². The fourth-order valence-electron chi connectivity index (χ4n) is 2.84. The maximum atomic E-state index is 13.4. The van der Waals surface area contributed by atoms with Gasteiger partial charge in [-0.1, -0.05) is 6.07 Å². The van der Waals surface area contributed by atoms with Crippen molar-refractivity contribution in [1.29, 1.82) is 0 Å². The molecule has 25 heavy (non-hydrogen) atoms. The first-order chi connectivity index (χ1) is 12.1. The quantitative estimate of drug-likeness (QED) is 0.572. The monoisotopic (exact) mass is 336 g/mol. The van der Waals surface area contributed by atoms with Crippen molar-refractivity contribution in [2.75, 3.05) is 0 Å². The summed E-state index contributed by atoms with van der Waals surface area (Å²) in [6.45, 7) is 0. The Labute approximate surface area is 142 Å². The van der Waals surface area contributed by atoms with Gasteiger partial charge in [-0.2, -0.15) is 5.10 Å². The molecule has 0 radical (unpaired) electrons. The Morgan fingerprint density at radius 3 is 2.32 bits per heavy atom. The van der Waals surface area contributed by atoms with Gasteiger partial charge >= 0.3 is 0 Å². The van der Waals surface area contributed by atoms with Gasteiger partial charge in [-0.25, -0.2) is 13.3 Å². The van der Waals surface area contributed by atoms with Gasteiger partial charge in [-0.3, -0.25) is 10.7 Å². The van der Waals surface area contributed by atoms with Crippen LogP contribution in [0, 0.1) is 5.82 Å². The van der Waals surface area contributed by atoms with E-state index in [0.717, 1.165) is 22.2 Å².